The third-order valence-corrected chi connectivity index (χ3v) is 7.99. The standard InChI is InChI=1S/C18H35ClO.C18H33ClO/c2*1-2-3-4-5-6-7-8-9-10-11-12-13-14-15-16-17-18(19)20/h2-17H2,1H3;9-10H,2-8,11-17H2,1H3/b;10-9-. The van der Waals surface area contributed by atoms with Crippen LogP contribution in [-0.4, -0.2) is 10.5 Å². The van der Waals surface area contributed by atoms with E-state index in [0.717, 1.165) is 25.7 Å². The summed E-state index contributed by atoms with van der Waals surface area (Å²) in [5.74, 6) is 0. The summed E-state index contributed by atoms with van der Waals surface area (Å²) in [6.45, 7) is 4.54. The van der Waals surface area contributed by atoms with E-state index in [1.54, 1.807) is 0 Å². The van der Waals surface area contributed by atoms with Gasteiger partial charge in [0.25, 0.3) is 0 Å². The predicted octanol–water partition coefficient (Wildman–Crippen LogP) is 13.8. The van der Waals surface area contributed by atoms with Gasteiger partial charge in [-0.25, -0.2) is 0 Å². The zero-order valence-electron chi connectivity index (χ0n) is 26.9. The van der Waals surface area contributed by atoms with Crippen molar-refractivity contribution < 1.29 is 9.59 Å². The largest absolute Gasteiger partial charge is 0.281 e. The first kappa shape index (κ1) is 41.8. The molecule has 0 aromatic heterocycles. The Morgan fingerprint density at radius 1 is 0.375 bits per heavy atom. The maximum atomic E-state index is 10.5. The normalized spacial score (nSPS) is 11.1. The minimum Gasteiger partial charge on any atom is -0.281 e. The molecular weight excluding hydrogens is 535 g/mol. The summed E-state index contributed by atoms with van der Waals surface area (Å²) >= 11 is 10.6. The second kappa shape index (κ2) is 38.7. The Morgan fingerprint density at radius 2 is 0.600 bits per heavy atom. The van der Waals surface area contributed by atoms with Gasteiger partial charge in [0.05, 0.1) is 0 Å². The maximum absolute atomic E-state index is 10.5. The van der Waals surface area contributed by atoms with Crippen LogP contribution >= 0.6 is 23.2 Å². The molecule has 40 heavy (non-hydrogen) atoms. The molecule has 0 aromatic carbocycles. The number of unbranched alkanes of at least 4 members (excludes halogenated alkanes) is 25. The molecule has 0 aliphatic heterocycles. The van der Waals surface area contributed by atoms with E-state index in [2.05, 4.69) is 26.0 Å². The van der Waals surface area contributed by atoms with Crippen LogP contribution in [0.4, 0.5) is 0 Å². The molecule has 0 amide bonds. The van der Waals surface area contributed by atoms with E-state index in [1.165, 1.54) is 154 Å². The van der Waals surface area contributed by atoms with E-state index in [-0.39, 0.29) is 10.5 Å². The monoisotopic (exact) mass is 602 g/mol. The Hall–Kier alpha value is -0.340. The first-order chi connectivity index (χ1) is 19.5. The molecule has 0 saturated heterocycles. The Bertz CT molecular complexity index is 533. The van der Waals surface area contributed by atoms with Gasteiger partial charge in [0, 0.05) is 12.8 Å². The zero-order valence-corrected chi connectivity index (χ0v) is 28.5. The third-order valence-electron chi connectivity index (χ3n) is 7.61. The van der Waals surface area contributed by atoms with Gasteiger partial charge in [-0.15, -0.1) is 0 Å². The molecule has 2 nitrogen and oxygen atoms in total. The summed E-state index contributed by atoms with van der Waals surface area (Å²) in [7, 11) is 0. The van der Waals surface area contributed by atoms with Crippen molar-refractivity contribution in [2.75, 3.05) is 0 Å². The third kappa shape index (κ3) is 44.7. The van der Waals surface area contributed by atoms with Gasteiger partial charge in [-0.1, -0.05) is 167 Å². The molecular formula is C36H68Cl2O2. The van der Waals surface area contributed by atoms with E-state index in [4.69, 9.17) is 23.2 Å². The van der Waals surface area contributed by atoms with E-state index in [0.29, 0.717) is 12.8 Å². The second-order valence-electron chi connectivity index (χ2n) is 11.7. The Morgan fingerprint density at radius 3 is 0.850 bits per heavy atom. The van der Waals surface area contributed by atoms with Crippen LogP contribution in [0.1, 0.15) is 206 Å². The SMILES string of the molecule is CCCCCCCC/C=C\CCCCCCCC(=O)Cl.CCCCCCCCCCCCCCCCCC(=O)Cl. The molecule has 0 aliphatic carbocycles. The fraction of sp³-hybridized carbons (Fsp3) is 0.889. The van der Waals surface area contributed by atoms with Gasteiger partial charge in [0.1, 0.15) is 0 Å². The van der Waals surface area contributed by atoms with Crippen molar-refractivity contribution in [3.8, 4) is 0 Å². The Kier molecular flexibility index (Phi) is 40.4. The van der Waals surface area contributed by atoms with Crippen LogP contribution < -0.4 is 0 Å². The van der Waals surface area contributed by atoms with Gasteiger partial charge in [-0.2, -0.15) is 0 Å². The highest BCUT2D eigenvalue weighted by molar-refractivity contribution is 6.63. The minimum absolute atomic E-state index is 0.181. The van der Waals surface area contributed by atoms with Crippen LogP contribution in [-0.2, 0) is 9.59 Å². The molecule has 0 bridgehead atoms. The summed E-state index contributed by atoms with van der Waals surface area (Å²) < 4.78 is 0. The molecule has 0 N–H and O–H groups in total. The van der Waals surface area contributed by atoms with Crippen molar-refractivity contribution >= 4 is 33.7 Å². The predicted molar refractivity (Wildman–Crippen MR) is 181 cm³/mol. The van der Waals surface area contributed by atoms with Crippen molar-refractivity contribution in [3.05, 3.63) is 12.2 Å². The lowest BCUT2D eigenvalue weighted by Crippen LogP contribution is -1.86. The van der Waals surface area contributed by atoms with Gasteiger partial charge in [0.15, 0.2) is 0 Å². The summed E-state index contributed by atoms with van der Waals surface area (Å²) in [6, 6.07) is 0. The molecule has 0 radical (unpaired) electrons. The average Bonchev–Trinajstić information content (AvgIpc) is 2.93. The van der Waals surface area contributed by atoms with Crippen molar-refractivity contribution in [1.29, 1.82) is 0 Å². The quantitative estimate of drug-likeness (QED) is 0.0449. The molecule has 0 saturated carbocycles. The van der Waals surface area contributed by atoms with E-state index < -0.39 is 0 Å². The van der Waals surface area contributed by atoms with Crippen molar-refractivity contribution in [3.63, 3.8) is 0 Å². The van der Waals surface area contributed by atoms with E-state index in [9.17, 15) is 9.59 Å². The molecule has 238 valence electrons. The van der Waals surface area contributed by atoms with Gasteiger partial charge in [-0.05, 0) is 61.7 Å². The highest BCUT2D eigenvalue weighted by atomic mass is 35.5. The highest BCUT2D eigenvalue weighted by Gasteiger charge is 1.97. The van der Waals surface area contributed by atoms with Gasteiger partial charge in [-0.3, -0.25) is 9.59 Å². The van der Waals surface area contributed by atoms with Crippen LogP contribution in [0, 0.1) is 0 Å². The molecule has 0 rings (SSSR count). The first-order valence-corrected chi connectivity index (χ1v) is 18.3. The molecule has 0 unspecified atom stereocenters. The van der Waals surface area contributed by atoms with Crippen LogP contribution in [0.15, 0.2) is 12.2 Å². The average molecular weight is 604 g/mol. The summed E-state index contributed by atoms with van der Waals surface area (Å²) in [6.07, 6.45) is 42.7. The number of carbonyl (C=O) groups is 2. The molecule has 0 aliphatic rings. The number of hydrogen-bond donors (Lipinski definition) is 0. The van der Waals surface area contributed by atoms with Crippen LogP contribution in [0.3, 0.4) is 0 Å². The van der Waals surface area contributed by atoms with Crippen LogP contribution in [0.2, 0.25) is 0 Å². The smallest absolute Gasteiger partial charge is 0.221 e. The molecule has 0 spiro atoms. The summed E-state index contributed by atoms with van der Waals surface area (Å²) in [5, 5.41) is -0.373. The van der Waals surface area contributed by atoms with E-state index in [1.807, 2.05) is 0 Å². The van der Waals surface area contributed by atoms with Crippen molar-refractivity contribution in [1.82, 2.24) is 0 Å². The molecule has 0 heterocycles. The fourth-order valence-electron chi connectivity index (χ4n) is 4.97. The Labute approximate surface area is 261 Å². The second-order valence-corrected chi connectivity index (χ2v) is 12.6. The zero-order chi connectivity index (χ0) is 29.8. The highest BCUT2D eigenvalue weighted by Crippen LogP contribution is 2.14. The molecule has 0 fully saturated rings. The number of rotatable bonds is 31. The number of hydrogen-bond acceptors (Lipinski definition) is 2. The van der Waals surface area contributed by atoms with Gasteiger partial charge >= 0.3 is 0 Å². The van der Waals surface area contributed by atoms with Gasteiger partial charge in [0.2, 0.25) is 10.5 Å². The maximum Gasteiger partial charge on any atom is 0.221 e. The first-order valence-electron chi connectivity index (χ1n) is 17.6. The molecule has 0 aromatic rings. The van der Waals surface area contributed by atoms with E-state index >= 15 is 0 Å². The fourth-order valence-corrected chi connectivity index (χ4v) is 5.24. The van der Waals surface area contributed by atoms with Crippen LogP contribution in [0.25, 0.3) is 0 Å². The Balaban J connectivity index is 0. The van der Waals surface area contributed by atoms with Crippen molar-refractivity contribution in [2.45, 2.75) is 206 Å². The molecule has 4 heteroatoms. The van der Waals surface area contributed by atoms with Gasteiger partial charge < -0.3 is 0 Å². The van der Waals surface area contributed by atoms with Crippen molar-refractivity contribution in [2.24, 2.45) is 0 Å². The molecule has 0 atom stereocenters. The summed E-state index contributed by atoms with van der Waals surface area (Å²) in [4.78, 5) is 21.1. The van der Waals surface area contributed by atoms with Crippen LogP contribution in [0.5, 0.6) is 0 Å². The lowest BCUT2D eigenvalue weighted by Gasteiger charge is -2.03. The number of allylic oxidation sites excluding steroid dienone is 2. The lowest BCUT2D eigenvalue weighted by molar-refractivity contribution is -0.112. The number of carbonyl (C=O) groups excluding carboxylic acids is 2. The topological polar surface area (TPSA) is 34.1 Å². The number of halogens is 2. The minimum atomic E-state index is -0.192. The lowest BCUT2D eigenvalue weighted by atomic mass is 10.0. The summed E-state index contributed by atoms with van der Waals surface area (Å²) in [5.41, 5.74) is 0.